The second-order valence-electron chi connectivity index (χ2n) is 5.19. The largest absolute Gasteiger partial charge is 0.481 e. The van der Waals surface area contributed by atoms with Gasteiger partial charge in [-0.2, -0.15) is 13.2 Å². The molecule has 0 fully saturated rings. The van der Waals surface area contributed by atoms with E-state index in [0.29, 0.717) is 12.3 Å². The summed E-state index contributed by atoms with van der Waals surface area (Å²) in [5.41, 5.74) is -0.975. The summed E-state index contributed by atoms with van der Waals surface area (Å²) in [5.74, 6) is -2.53. The first kappa shape index (κ1) is 20.7. The van der Waals surface area contributed by atoms with Crippen molar-refractivity contribution in [1.29, 1.82) is 0 Å². The zero-order valence-electron chi connectivity index (χ0n) is 13.5. The van der Waals surface area contributed by atoms with Crippen LogP contribution < -0.4 is 15.4 Å². The van der Waals surface area contributed by atoms with E-state index >= 15 is 0 Å². The zero-order valence-corrected chi connectivity index (χ0v) is 14.3. The molecular formula is C16H13ClF5N3O2. The second-order valence-corrected chi connectivity index (χ2v) is 5.60. The number of nitrogens with zero attached hydrogens (tertiary/aromatic N) is 1. The Balaban J connectivity index is 1.74. The molecule has 1 aromatic carbocycles. The van der Waals surface area contributed by atoms with E-state index in [1.807, 2.05) is 0 Å². The van der Waals surface area contributed by atoms with Gasteiger partial charge in [-0.1, -0.05) is 11.6 Å². The molecular weight excluding hydrogens is 397 g/mol. The van der Waals surface area contributed by atoms with Crippen LogP contribution in [0.3, 0.4) is 0 Å². The van der Waals surface area contributed by atoms with Crippen LogP contribution in [-0.4, -0.2) is 30.6 Å². The zero-order chi connectivity index (χ0) is 20.0. The lowest BCUT2D eigenvalue weighted by Crippen LogP contribution is -2.33. The predicted octanol–water partition coefficient (Wildman–Crippen LogP) is 3.64. The van der Waals surface area contributed by atoms with Crippen LogP contribution in [0.4, 0.5) is 27.8 Å². The fraction of sp³-hybridized carbons (Fsp3) is 0.250. The van der Waals surface area contributed by atoms with Crippen LogP contribution in [0.25, 0.3) is 0 Å². The number of hydrogen-bond donors (Lipinski definition) is 2. The van der Waals surface area contributed by atoms with Crippen molar-refractivity contribution in [2.45, 2.75) is 6.18 Å². The molecule has 0 spiro atoms. The number of hydrogen-bond acceptors (Lipinski definition) is 4. The van der Waals surface area contributed by atoms with Crippen molar-refractivity contribution < 1.29 is 31.5 Å². The summed E-state index contributed by atoms with van der Waals surface area (Å²) in [6.07, 6.45) is -3.91. The molecule has 1 amide bonds. The fourth-order valence-corrected chi connectivity index (χ4v) is 2.13. The maximum absolute atomic E-state index is 13.3. The van der Waals surface area contributed by atoms with E-state index in [1.54, 1.807) is 0 Å². The van der Waals surface area contributed by atoms with Crippen LogP contribution in [0.15, 0.2) is 30.5 Å². The topological polar surface area (TPSA) is 63.2 Å². The second kappa shape index (κ2) is 8.85. The summed E-state index contributed by atoms with van der Waals surface area (Å²) >= 11 is 5.73. The van der Waals surface area contributed by atoms with Gasteiger partial charge in [0.05, 0.1) is 10.6 Å². The van der Waals surface area contributed by atoms with Gasteiger partial charge in [0.2, 0.25) is 0 Å². The van der Waals surface area contributed by atoms with Gasteiger partial charge in [0.15, 0.2) is 18.2 Å². The number of carbonyl (C=O) groups excluding carboxylic acids is 1. The molecule has 0 saturated carbocycles. The Morgan fingerprint density at radius 2 is 1.93 bits per heavy atom. The highest BCUT2D eigenvalue weighted by molar-refractivity contribution is 6.32. The number of alkyl halides is 3. The van der Waals surface area contributed by atoms with Crippen molar-refractivity contribution in [2.24, 2.45) is 0 Å². The molecule has 0 unspecified atom stereocenters. The van der Waals surface area contributed by atoms with Crippen molar-refractivity contribution in [3.63, 3.8) is 0 Å². The van der Waals surface area contributed by atoms with E-state index in [4.69, 9.17) is 16.3 Å². The van der Waals surface area contributed by atoms with Crippen molar-refractivity contribution in [1.82, 2.24) is 10.3 Å². The van der Waals surface area contributed by atoms with E-state index < -0.39 is 35.9 Å². The highest BCUT2D eigenvalue weighted by Crippen LogP contribution is 2.32. The number of benzene rings is 1. The quantitative estimate of drug-likeness (QED) is 0.541. The average molecular weight is 410 g/mol. The monoisotopic (exact) mass is 409 g/mol. The minimum atomic E-state index is -4.55. The summed E-state index contributed by atoms with van der Waals surface area (Å²) < 4.78 is 68.5. The molecule has 27 heavy (non-hydrogen) atoms. The number of anilines is 1. The molecule has 0 aliphatic carbocycles. The SMILES string of the molecule is O=C(COc1ccc(F)cc1F)NCCNc1ncc(C(F)(F)F)cc1Cl. The standard InChI is InChI=1S/C16H13ClF5N3O2/c17-11-5-9(16(20,21)22)7-25-15(11)24-4-3-23-14(26)8-27-13-2-1-10(18)6-12(13)19/h1-2,5-7H,3-4,8H2,(H,23,26)(H,24,25). The Bertz CT molecular complexity index is 817. The third-order valence-corrected chi connectivity index (χ3v) is 3.45. The number of halogens is 6. The van der Waals surface area contributed by atoms with Gasteiger partial charge in [-0.25, -0.2) is 13.8 Å². The van der Waals surface area contributed by atoms with Gasteiger partial charge < -0.3 is 15.4 Å². The van der Waals surface area contributed by atoms with Crippen molar-refractivity contribution in [3.8, 4) is 5.75 Å². The van der Waals surface area contributed by atoms with Gasteiger partial charge in [-0.05, 0) is 18.2 Å². The van der Waals surface area contributed by atoms with E-state index in [-0.39, 0.29) is 29.7 Å². The molecule has 0 bridgehead atoms. The summed E-state index contributed by atoms with van der Waals surface area (Å²) in [5, 5.41) is 4.89. The first-order valence-corrected chi connectivity index (χ1v) is 7.86. The van der Waals surface area contributed by atoms with Gasteiger partial charge in [0.25, 0.3) is 5.91 Å². The molecule has 0 aliphatic rings. The molecule has 0 atom stereocenters. The van der Waals surface area contributed by atoms with Crippen LogP contribution in [0, 0.1) is 11.6 Å². The Morgan fingerprint density at radius 3 is 2.56 bits per heavy atom. The number of aromatic nitrogens is 1. The molecule has 2 aromatic rings. The first-order valence-electron chi connectivity index (χ1n) is 7.48. The number of rotatable bonds is 7. The average Bonchev–Trinajstić information content (AvgIpc) is 2.58. The predicted molar refractivity (Wildman–Crippen MR) is 87.6 cm³/mol. The fourth-order valence-electron chi connectivity index (χ4n) is 1.89. The Morgan fingerprint density at radius 1 is 1.19 bits per heavy atom. The maximum Gasteiger partial charge on any atom is 0.417 e. The summed E-state index contributed by atoms with van der Waals surface area (Å²) in [6, 6.07) is 3.40. The normalized spacial score (nSPS) is 11.2. The van der Waals surface area contributed by atoms with Gasteiger partial charge >= 0.3 is 6.18 Å². The van der Waals surface area contributed by atoms with Gasteiger partial charge in [-0.15, -0.1) is 0 Å². The first-order chi connectivity index (χ1) is 12.7. The highest BCUT2D eigenvalue weighted by atomic mass is 35.5. The third kappa shape index (κ3) is 6.24. The van der Waals surface area contributed by atoms with Crippen molar-refractivity contribution >= 4 is 23.3 Å². The number of carbonyl (C=O) groups is 1. The Labute approximate surface area is 155 Å². The lowest BCUT2D eigenvalue weighted by Gasteiger charge is -2.11. The van der Waals surface area contributed by atoms with E-state index in [1.165, 1.54) is 0 Å². The molecule has 0 saturated heterocycles. The Hall–Kier alpha value is -2.62. The summed E-state index contributed by atoms with van der Waals surface area (Å²) in [4.78, 5) is 15.2. The number of pyridine rings is 1. The maximum atomic E-state index is 13.3. The summed E-state index contributed by atoms with van der Waals surface area (Å²) in [6.45, 7) is -0.302. The van der Waals surface area contributed by atoms with E-state index in [9.17, 15) is 26.7 Å². The molecule has 2 rings (SSSR count). The van der Waals surface area contributed by atoms with Crippen LogP contribution in [0.5, 0.6) is 5.75 Å². The molecule has 146 valence electrons. The molecule has 5 nitrogen and oxygen atoms in total. The van der Waals surface area contributed by atoms with Crippen LogP contribution in [0.2, 0.25) is 5.02 Å². The lowest BCUT2D eigenvalue weighted by atomic mass is 10.3. The molecule has 0 aliphatic heterocycles. The highest BCUT2D eigenvalue weighted by Gasteiger charge is 2.31. The molecule has 1 heterocycles. The third-order valence-electron chi connectivity index (χ3n) is 3.16. The van der Waals surface area contributed by atoms with E-state index in [2.05, 4.69) is 15.6 Å². The van der Waals surface area contributed by atoms with Crippen molar-refractivity contribution in [2.75, 3.05) is 25.0 Å². The number of amides is 1. The molecule has 1 aromatic heterocycles. The van der Waals surface area contributed by atoms with Gasteiger partial charge in [0.1, 0.15) is 11.6 Å². The van der Waals surface area contributed by atoms with Crippen molar-refractivity contribution in [3.05, 3.63) is 52.7 Å². The van der Waals surface area contributed by atoms with E-state index in [0.717, 1.165) is 18.2 Å². The van der Waals surface area contributed by atoms with Gasteiger partial charge in [-0.3, -0.25) is 4.79 Å². The minimum absolute atomic E-state index is 0.0311. The van der Waals surface area contributed by atoms with Crippen LogP contribution >= 0.6 is 11.6 Å². The minimum Gasteiger partial charge on any atom is -0.481 e. The smallest absolute Gasteiger partial charge is 0.417 e. The summed E-state index contributed by atoms with van der Waals surface area (Å²) in [7, 11) is 0. The molecule has 0 radical (unpaired) electrons. The molecule has 11 heteroatoms. The Kier molecular flexibility index (Phi) is 6.78. The molecule has 2 N–H and O–H groups in total. The van der Waals surface area contributed by atoms with Crippen LogP contribution in [0.1, 0.15) is 5.56 Å². The number of ether oxygens (including phenoxy) is 1. The lowest BCUT2D eigenvalue weighted by molar-refractivity contribution is -0.137. The van der Waals surface area contributed by atoms with Gasteiger partial charge in [0, 0.05) is 25.4 Å². The van der Waals surface area contributed by atoms with Crippen LogP contribution in [-0.2, 0) is 11.0 Å². The number of nitrogens with one attached hydrogen (secondary N) is 2.